The Morgan fingerprint density at radius 2 is 1.76 bits per heavy atom. The normalized spacial score (nSPS) is 19.6. The number of hydrogen-bond donors (Lipinski definition) is 0. The molecule has 0 bridgehead atoms. The summed E-state index contributed by atoms with van der Waals surface area (Å²) in [5, 5.41) is 4.97. The Morgan fingerprint density at radius 3 is 2.46 bits per heavy atom. The van der Waals surface area contributed by atoms with E-state index in [4.69, 9.17) is 14.6 Å². The molecule has 0 radical (unpaired) electrons. The average Bonchev–Trinajstić information content (AvgIpc) is 3.34. The van der Waals surface area contributed by atoms with Crippen LogP contribution in [0.3, 0.4) is 0 Å². The Kier molecular flexibility index (Phi) is 8.06. The van der Waals surface area contributed by atoms with Crippen LogP contribution in [0, 0.1) is 17.7 Å². The fourth-order valence-electron chi connectivity index (χ4n) is 5.15. The molecular formula is C31H32BrFN2O2. The smallest absolute Gasteiger partial charge is 0.123 e. The second-order valence-electron chi connectivity index (χ2n) is 9.83. The monoisotopic (exact) mass is 562 g/mol. The van der Waals surface area contributed by atoms with Crippen molar-refractivity contribution in [2.24, 2.45) is 11.8 Å². The Labute approximate surface area is 226 Å². The summed E-state index contributed by atoms with van der Waals surface area (Å²) in [6.45, 7) is 5.64. The molecule has 1 aliphatic rings. The van der Waals surface area contributed by atoms with Crippen molar-refractivity contribution in [1.82, 2.24) is 9.78 Å². The molecule has 0 spiro atoms. The van der Waals surface area contributed by atoms with E-state index in [0.29, 0.717) is 18.4 Å². The van der Waals surface area contributed by atoms with Gasteiger partial charge in [0.1, 0.15) is 11.6 Å². The molecule has 6 heteroatoms. The van der Waals surface area contributed by atoms with Crippen LogP contribution in [0.4, 0.5) is 4.39 Å². The largest absolute Gasteiger partial charge is 0.494 e. The van der Waals surface area contributed by atoms with E-state index in [1.807, 2.05) is 48.0 Å². The summed E-state index contributed by atoms with van der Waals surface area (Å²) < 4.78 is 28.8. The maximum atomic E-state index is 13.7. The van der Waals surface area contributed by atoms with Gasteiger partial charge < -0.3 is 9.47 Å². The van der Waals surface area contributed by atoms with Crippen molar-refractivity contribution in [2.75, 3.05) is 13.2 Å². The summed E-state index contributed by atoms with van der Waals surface area (Å²) in [7, 11) is 0. The quantitative estimate of drug-likeness (QED) is 0.217. The molecule has 2 heterocycles. The van der Waals surface area contributed by atoms with E-state index in [-0.39, 0.29) is 11.9 Å². The van der Waals surface area contributed by atoms with Gasteiger partial charge in [-0.15, -0.1) is 0 Å². The Hall–Kier alpha value is -2.96. The lowest BCUT2D eigenvalue weighted by molar-refractivity contribution is -0.0563. The first-order chi connectivity index (χ1) is 18.0. The predicted molar refractivity (Wildman–Crippen MR) is 149 cm³/mol. The van der Waals surface area contributed by atoms with Gasteiger partial charge in [-0.05, 0) is 104 Å². The van der Waals surface area contributed by atoms with Crippen LogP contribution in [-0.4, -0.2) is 23.0 Å². The maximum Gasteiger partial charge on any atom is 0.123 e. The van der Waals surface area contributed by atoms with Gasteiger partial charge >= 0.3 is 0 Å². The zero-order valence-electron chi connectivity index (χ0n) is 21.2. The van der Waals surface area contributed by atoms with E-state index in [2.05, 4.69) is 41.2 Å². The van der Waals surface area contributed by atoms with Gasteiger partial charge in [0.15, 0.2) is 0 Å². The van der Waals surface area contributed by atoms with Crippen LogP contribution in [0.1, 0.15) is 43.9 Å². The first kappa shape index (κ1) is 25.7. The van der Waals surface area contributed by atoms with Crippen LogP contribution < -0.4 is 4.74 Å². The lowest BCUT2D eigenvalue weighted by atomic mass is 9.81. The third kappa shape index (κ3) is 6.13. The lowest BCUT2D eigenvalue weighted by Gasteiger charge is -2.35. The number of aryl methyl sites for hydroxylation is 1. The number of nitrogens with zero attached hydrogens (tertiary/aromatic N) is 2. The van der Waals surface area contributed by atoms with Crippen LogP contribution in [0.15, 0.2) is 83.5 Å². The molecule has 0 amide bonds. The number of benzene rings is 3. The highest BCUT2D eigenvalue weighted by Crippen LogP contribution is 2.42. The molecule has 0 saturated carbocycles. The molecule has 1 aromatic heterocycles. The van der Waals surface area contributed by atoms with Gasteiger partial charge in [-0.2, -0.15) is 5.10 Å². The van der Waals surface area contributed by atoms with E-state index < -0.39 is 0 Å². The minimum atomic E-state index is -0.256. The Morgan fingerprint density at radius 1 is 1.03 bits per heavy atom. The molecule has 192 valence electrons. The van der Waals surface area contributed by atoms with Crippen molar-refractivity contribution in [1.29, 1.82) is 0 Å². The van der Waals surface area contributed by atoms with Crippen LogP contribution in [0.2, 0.25) is 0 Å². The summed E-state index contributed by atoms with van der Waals surface area (Å²) in [6, 6.07) is 23.1. The van der Waals surface area contributed by atoms with Crippen LogP contribution >= 0.6 is 15.9 Å². The topological polar surface area (TPSA) is 36.3 Å². The molecule has 1 fully saturated rings. The highest BCUT2D eigenvalue weighted by molar-refractivity contribution is 9.10. The number of halogens is 2. The predicted octanol–water partition coefficient (Wildman–Crippen LogP) is 8.19. The zero-order chi connectivity index (χ0) is 25.8. The molecule has 3 unspecified atom stereocenters. The molecule has 5 rings (SSSR count). The molecule has 1 saturated heterocycles. The third-order valence-corrected chi connectivity index (χ3v) is 7.52. The van der Waals surface area contributed by atoms with Gasteiger partial charge in [0.05, 0.1) is 24.1 Å². The van der Waals surface area contributed by atoms with Crippen molar-refractivity contribution in [3.63, 3.8) is 0 Å². The standard InChI is InChI=1S/C31H32BrFN2O2/c1-3-36-28-16-5-22(6-17-28)4-7-24-18-21(2)20-37-31(24)29-19-35(27-14-10-25(32)11-15-27)34-30(29)23-8-12-26(33)13-9-23/h5-6,8-17,19,21,24,31H,3-4,7,18,20H2,1-2H3. The van der Waals surface area contributed by atoms with Crippen molar-refractivity contribution in [3.8, 4) is 22.7 Å². The van der Waals surface area contributed by atoms with E-state index in [9.17, 15) is 4.39 Å². The van der Waals surface area contributed by atoms with Crippen molar-refractivity contribution in [3.05, 3.63) is 100 Å². The molecule has 1 aliphatic heterocycles. The molecule has 4 aromatic rings. The van der Waals surface area contributed by atoms with Crippen molar-refractivity contribution >= 4 is 15.9 Å². The van der Waals surface area contributed by atoms with Gasteiger partial charge in [-0.1, -0.05) is 35.0 Å². The van der Waals surface area contributed by atoms with E-state index in [1.165, 1.54) is 17.7 Å². The number of rotatable bonds is 8. The molecule has 3 aromatic carbocycles. The average molecular weight is 564 g/mol. The van der Waals surface area contributed by atoms with E-state index >= 15 is 0 Å². The summed E-state index contributed by atoms with van der Waals surface area (Å²) >= 11 is 3.51. The SMILES string of the molecule is CCOc1ccc(CCC2CC(C)COC2c2cn(-c3ccc(Br)cc3)nc2-c2ccc(F)cc2)cc1. The second-order valence-corrected chi connectivity index (χ2v) is 10.7. The fourth-order valence-corrected chi connectivity index (χ4v) is 5.41. The Balaban J connectivity index is 1.46. The molecular weight excluding hydrogens is 531 g/mol. The first-order valence-corrected chi connectivity index (χ1v) is 13.7. The van der Waals surface area contributed by atoms with Crippen LogP contribution in [-0.2, 0) is 11.2 Å². The Bertz CT molecular complexity index is 1300. The number of ether oxygens (including phenoxy) is 2. The van der Waals surface area contributed by atoms with Crippen LogP contribution in [0.5, 0.6) is 5.75 Å². The minimum absolute atomic E-state index is 0.0804. The van der Waals surface area contributed by atoms with Crippen molar-refractivity contribution in [2.45, 2.75) is 39.2 Å². The van der Waals surface area contributed by atoms with Gasteiger partial charge in [-0.3, -0.25) is 0 Å². The van der Waals surface area contributed by atoms with Gasteiger partial charge in [0.2, 0.25) is 0 Å². The fraction of sp³-hybridized carbons (Fsp3) is 0.323. The van der Waals surface area contributed by atoms with Gasteiger partial charge in [0, 0.05) is 28.4 Å². The maximum absolute atomic E-state index is 13.7. The summed E-state index contributed by atoms with van der Waals surface area (Å²) in [4.78, 5) is 0. The van der Waals surface area contributed by atoms with Crippen molar-refractivity contribution < 1.29 is 13.9 Å². The summed E-state index contributed by atoms with van der Waals surface area (Å²) in [5.41, 5.74) is 5.05. The summed E-state index contributed by atoms with van der Waals surface area (Å²) in [6.07, 6.45) is 5.08. The molecule has 37 heavy (non-hydrogen) atoms. The van der Waals surface area contributed by atoms with E-state index in [0.717, 1.165) is 58.6 Å². The number of aromatic nitrogens is 2. The highest BCUT2D eigenvalue weighted by Gasteiger charge is 2.34. The first-order valence-electron chi connectivity index (χ1n) is 12.9. The molecule has 3 atom stereocenters. The minimum Gasteiger partial charge on any atom is -0.494 e. The van der Waals surface area contributed by atoms with Gasteiger partial charge in [0.25, 0.3) is 0 Å². The number of hydrogen-bond acceptors (Lipinski definition) is 3. The second kappa shape index (κ2) is 11.6. The molecule has 4 nitrogen and oxygen atoms in total. The summed E-state index contributed by atoms with van der Waals surface area (Å²) in [5.74, 6) is 1.49. The molecule has 0 N–H and O–H groups in total. The highest BCUT2D eigenvalue weighted by atomic mass is 79.9. The molecule has 0 aliphatic carbocycles. The third-order valence-electron chi connectivity index (χ3n) is 6.99. The zero-order valence-corrected chi connectivity index (χ0v) is 22.8. The lowest BCUT2D eigenvalue weighted by Crippen LogP contribution is -2.28. The van der Waals surface area contributed by atoms with Gasteiger partial charge in [-0.25, -0.2) is 9.07 Å². The van der Waals surface area contributed by atoms with Crippen LogP contribution in [0.25, 0.3) is 16.9 Å². The van der Waals surface area contributed by atoms with E-state index in [1.54, 1.807) is 12.1 Å².